The minimum absolute atomic E-state index is 0.177. The van der Waals surface area contributed by atoms with Crippen molar-refractivity contribution >= 4 is 27.9 Å². The minimum atomic E-state index is -0.177. The van der Waals surface area contributed by atoms with Gasteiger partial charge in [0.25, 0.3) is 5.91 Å². The zero-order chi connectivity index (χ0) is 18.1. The van der Waals surface area contributed by atoms with Crippen molar-refractivity contribution in [2.24, 2.45) is 0 Å². The highest BCUT2D eigenvalue weighted by Crippen LogP contribution is 2.27. The summed E-state index contributed by atoms with van der Waals surface area (Å²) in [6.45, 7) is 1.91. The molecule has 0 aliphatic heterocycles. The van der Waals surface area contributed by atoms with Crippen molar-refractivity contribution in [3.05, 3.63) is 76.9 Å². The predicted molar refractivity (Wildman–Crippen MR) is 102 cm³/mol. The fraction of sp³-hybridized carbons (Fsp3) is 0.0500. The number of carbonyl (C=O) groups is 1. The van der Waals surface area contributed by atoms with Gasteiger partial charge in [-0.05, 0) is 31.2 Å². The quantitative estimate of drug-likeness (QED) is 0.586. The molecule has 4 aromatic rings. The standard InChI is InChI=1S/C20H14N4OS/c1-13-18(19(25)22-16-9-7-14(11-21)8-10-16)26-20-23-17(12-24(13)20)15-5-3-2-4-6-15/h2-10,12H,1H3,(H,22,25). The van der Waals surface area contributed by atoms with Crippen LogP contribution in [-0.2, 0) is 0 Å². The van der Waals surface area contributed by atoms with E-state index < -0.39 is 0 Å². The summed E-state index contributed by atoms with van der Waals surface area (Å²) < 4.78 is 1.95. The zero-order valence-electron chi connectivity index (χ0n) is 13.9. The zero-order valence-corrected chi connectivity index (χ0v) is 14.7. The number of hydrogen-bond donors (Lipinski definition) is 1. The Labute approximate surface area is 154 Å². The summed E-state index contributed by atoms with van der Waals surface area (Å²) in [7, 11) is 0. The second-order valence-electron chi connectivity index (χ2n) is 5.80. The fourth-order valence-electron chi connectivity index (χ4n) is 2.72. The molecular weight excluding hydrogens is 344 g/mol. The van der Waals surface area contributed by atoms with Crippen molar-refractivity contribution in [1.29, 1.82) is 5.26 Å². The minimum Gasteiger partial charge on any atom is -0.321 e. The summed E-state index contributed by atoms with van der Waals surface area (Å²) in [5.74, 6) is -0.177. The first-order chi connectivity index (χ1) is 12.7. The van der Waals surface area contributed by atoms with Crippen LogP contribution >= 0.6 is 11.3 Å². The third-order valence-corrected chi connectivity index (χ3v) is 5.26. The van der Waals surface area contributed by atoms with Crippen molar-refractivity contribution in [3.8, 4) is 17.3 Å². The molecular formula is C20H14N4OS. The maximum absolute atomic E-state index is 12.6. The lowest BCUT2D eigenvalue weighted by atomic mass is 10.2. The van der Waals surface area contributed by atoms with Crippen molar-refractivity contribution in [2.45, 2.75) is 6.92 Å². The largest absolute Gasteiger partial charge is 0.321 e. The molecule has 2 aromatic carbocycles. The van der Waals surface area contributed by atoms with Gasteiger partial charge in [0, 0.05) is 23.1 Å². The first kappa shape index (κ1) is 16.1. The van der Waals surface area contributed by atoms with Gasteiger partial charge in [0.05, 0.1) is 17.3 Å². The van der Waals surface area contributed by atoms with Crippen LogP contribution in [-0.4, -0.2) is 15.3 Å². The van der Waals surface area contributed by atoms with Gasteiger partial charge in [-0.3, -0.25) is 9.20 Å². The number of rotatable bonds is 3. The lowest BCUT2D eigenvalue weighted by Gasteiger charge is -2.04. The summed E-state index contributed by atoms with van der Waals surface area (Å²) in [6.07, 6.45) is 1.95. The van der Waals surface area contributed by atoms with Crippen LogP contribution in [0.2, 0.25) is 0 Å². The molecule has 0 saturated heterocycles. The highest BCUT2D eigenvalue weighted by Gasteiger charge is 2.18. The van der Waals surface area contributed by atoms with E-state index in [0.29, 0.717) is 16.1 Å². The maximum atomic E-state index is 12.6. The van der Waals surface area contributed by atoms with E-state index in [2.05, 4.69) is 16.4 Å². The van der Waals surface area contributed by atoms with E-state index in [4.69, 9.17) is 5.26 Å². The van der Waals surface area contributed by atoms with Gasteiger partial charge in [0.2, 0.25) is 0 Å². The number of carbonyl (C=O) groups excluding carboxylic acids is 1. The van der Waals surface area contributed by atoms with Gasteiger partial charge in [0.1, 0.15) is 4.88 Å². The molecule has 5 nitrogen and oxygen atoms in total. The number of aromatic nitrogens is 2. The lowest BCUT2D eigenvalue weighted by Crippen LogP contribution is -2.11. The fourth-order valence-corrected chi connectivity index (χ4v) is 3.73. The molecule has 0 spiro atoms. The number of aryl methyl sites for hydroxylation is 1. The maximum Gasteiger partial charge on any atom is 0.267 e. The Hall–Kier alpha value is -3.43. The number of nitriles is 1. The number of imidazole rings is 1. The molecule has 2 aromatic heterocycles. The summed E-state index contributed by atoms with van der Waals surface area (Å²) in [5.41, 5.74) is 4.00. The number of benzene rings is 2. The Kier molecular flexibility index (Phi) is 3.99. The molecule has 0 fully saturated rings. The summed E-state index contributed by atoms with van der Waals surface area (Å²) >= 11 is 1.36. The number of thiazole rings is 1. The number of hydrogen-bond acceptors (Lipinski definition) is 4. The average molecular weight is 358 g/mol. The molecule has 6 heteroatoms. The van der Waals surface area contributed by atoms with Crippen LogP contribution in [0.25, 0.3) is 16.2 Å². The monoisotopic (exact) mass is 358 g/mol. The first-order valence-electron chi connectivity index (χ1n) is 8.01. The topological polar surface area (TPSA) is 70.2 Å². The van der Waals surface area contributed by atoms with E-state index in [1.807, 2.05) is 47.9 Å². The van der Waals surface area contributed by atoms with Crippen molar-refractivity contribution in [1.82, 2.24) is 9.38 Å². The number of amides is 1. The van der Waals surface area contributed by atoms with Crippen LogP contribution < -0.4 is 5.32 Å². The molecule has 0 bridgehead atoms. The van der Waals surface area contributed by atoms with Gasteiger partial charge < -0.3 is 5.32 Å². The number of anilines is 1. The third-order valence-electron chi connectivity index (χ3n) is 4.10. The van der Waals surface area contributed by atoms with Crippen LogP contribution in [0.15, 0.2) is 60.8 Å². The van der Waals surface area contributed by atoms with Crippen LogP contribution in [0.1, 0.15) is 20.9 Å². The predicted octanol–water partition coefficient (Wildman–Crippen LogP) is 4.50. The Morgan fingerprint density at radius 3 is 2.54 bits per heavy atom. The molecule has 126 valence electrons. The van der Waals surface area contributed by atoms with Crippen LogP contribution in [0.5, 0.6) is 0 Å². The molecule has 4 rings (SSSR count). The molecule has 0 aliphatic rings. The highest BCUT2D eigenvalue weighted by molar-refractivity contribution is 7.19. The van der Waals surface area contributed by atoms with E-state index in [-0.39, 0.29) is 5.91 Å². The summed E-state index contributed by atoms with van der Waals surface area (Å²) in [6, 6.07) is 18.8. The van der Waals surface area contributed by atoms with E-state index in [1.54, 1.807) is 24.3 Å². The van der Waals surface area contributed by atoms with Crippen molar-refractivity contribution in [3.63, 3.8) is 0 Å². The molecule has 0 unspecified atom stereocenters. The molecule has 0 radical (unpaired) electrons. The number of nitrogens with one attached hydrogen (secondary N) is 1. The molecule has 0 saturated carbocycles. The molecule has 26 heavy (non-hydrogen) atoms. The Bertz CT molecular complexity index is 1130. The average Bonchev–Trinajstić information content (AvgIpc) is 3.23. The Morgan fingerprint density at radius 1 is 1.15 bits per heavy atom. The Morgan fingerprint density at radius 2 is 1.88 bits per heavy atom. The van der Waals surface area contributed by atoms with E-state index in [0.717, 1.165) is 21.9 Å². The first-order valence-corrected chi connectivity index (χ1v) is 8.83. The van der Waals surface area contributed by atoms with Gasteiger partial charge in [-0.2, -0.15) is 5.26 Å². The number of nitrogens with zero attached hydrogens (tertiary/aromatic N) is 3. The highest BCUT2D eigenvalue weighted by atomic mass is 32.1. The second-order valence-corrected chi connectivity index (χ2v) is 6.78. The third kappa shape index (κ3) is 2.85. The summed E-state index contributed by atoms with van der Waals surface area (Å²) in [5, 5.41) is 11.7. The van der Waals surface area contributed by atoms with Gasteiger partial charge in [-0.1, -0.05) is 41.7 Å². The van der Waals surface area contributed by atoms with Crippen molar-refractivity contribution < 1.29 is 4.79 Å². The van der Waals surface area contributed by atoms with Crippen molar-refractivity contribution in [2.75, 3.05) is 5.32 Å². The van der Waals surface area contributed by atoms with Gasteiger partial charge in [-0.15, -0.1) is 0 Å². The molecule has 1 N–H and O–H groups in total. The SMILES string of the molecule is Cc1c(C(=O)Nc2ccc(C#N)cc2)sc2nc(-c3ccccc3)cn12. The van der Waals surface area contributed by atoms with Gasteiger partial charge in [0.15, 0.2) is 4.96 Å². The number of fused-ring (bicyclic) bond motifs is 1. The second kappa shape index (κ2) is 6.47. The van der Waals surface area contributed by atoms with Gasteiger partial charge >= 0.3 is 0 Å². The molecule has 0 aliphatic carbocycles. The molecule has 2 heterocycles. The van der Waals surface area contributed by atoms with E-state index in [1.165, 1.54) is 11.3 Å². The van der Waals surface area contributed by atoms with Crippen LogP contribution in [0.3, 0.4) is 0 Å². The lowest BCUT2D eigenvalue weighted by molar-refractivity contribution is 0.102. The van der Waals surface area contributed by atoms with Crippen LogP contribution in [0.4, 0.5) is 5.69 Å². The van der Waals surface area contributed by atoms with E-state index >= 15 is 0 Å². The van der Waals surface area contributed by atoms with Crippen LogP contribution in [0, 0.1) is 18.3 Å². The summed E-state index contributed by atoms with van der Waals surface area (Å²) in [4.78, 5) is 18.7. The smallest absolute Gasteiger partial charge is 0.267 e. The van der Waals surface area contributed by atoms with E-state index in [9.17, 15) is 4.79 Å². The van der Waals surface area contributed by atoms with Gasteiger partial charge in [-0.25, -0.2) is 4.98 Å². The molecule has 1 amide bonds. The molecule has 0 atom stereocenters. The Balaban J connectivity index is 1.62. The normalized spacial score (nSPS) is 10.6.